The summed E-state index contributed by atoms with van der Waals surface area (Å²) in [5.74, 6) is 0.618. The average molecular weight is 791 g/mol. The molecule has 3 aromatic heterocycles. The Morgan fingerprint density at radius 3 is 1.15 bits per heavy atom. The summed E-state index contributed by atoms with van der Waals surface area (Å²) in [6, 6.07) is 82.2. The van der Waals surface area contributed by atoms with Crippen molar-refractivity contribution in [3.05, 3.63) is 231 Å². The van der Waals surface area contributed by atoms with Crippen LogP contribution in [0.2, 0.25) is 0 Å². The summed E-state index contributed by atoms with van der Waals surface area (Å²) in [5, 5.41) is 4.64. The average Bonchev–Trinajstić information content (AvgIpc) is 3.88. The molecule has 12 aromatic rings. The SMILES string of the molecule is c1ccc(-c2ccc(-c3cc(-c4ccccc4)nc(-n4c5ccccc5c5ccc6c7ccccc7n(-c7cc(-c8ccccc8)cc(-c8ccccc8)c7)c6c54)n3)cc2)cc1. The lowest BCUT2D eigenvalue weighted by atomic mass is 9.98. The maximum atomic E-state index is 5.49. The molecule has 0 aliphatic carbocycles. The molecule has 4 heteroatoms. The predicted molar refractivity (Wildman–Crippen MR) is 258 cm³/mol. The van der Waals surface area contributed by atoms with Gasteiger partial charge in [-0.1, -0.05) is 194 Å². The third kappa shape index (κ3) is 6.00. The van der Waals surface area contributed by atoms with Crippen molar-refractivity contribution in [2.24, 2.45) is 0 Å². The molecule has 9 aromatic carbocycles. The predicted octanol–water partition coefficient (Wildman–Crippen LogP) is 15.0. The minimum atomic E-state index is 0.618. The Labute approximate surface area is 359 Å². The number of nitrogens with zero attached hydrogens (tertiary/aromatic N) is 4. The minimum absolute atomic E-state index is 0.618. The molecule has 0 fully saturated rings. The van der Waals surface area contributed by atoms with Gasteiger partial charge in [0.05, 0.1) is 33.5 Å². The van der Waals surface area contributed by atoms with Crippen LogP contribution in [0, 0.1) is 0 Å². The van der Waals surface area contributed by atoms with Crippen LogP contribution in [0.1, 0.15) is 0 Å². The molecule has 0 amide bonds. The van der Waals surface area contributed by atoms with Crippen molar-refractivity contribution in [2.75, 3.05) is 0 Å². The van der Waals surface area contributed by atoms with Crippen LogP contribution in [0.25, 0.3) is 111 Å². The second-order valence-corrected chi connectivity index (χ2v) is 15.8. The summed E-state index contributed by atoms with van der Waals surface area (Å²) >= 11 is 0. The number of para-hydroxylation sites is 2. The van der Waals surface area contributed by atoms with Gasteiger partial charge in [-0.25, -0.2) is 9.97 Å². The van der Waals surface area contributed by atoms with E-state index in [9.17, 15) is 0 Å². The topological polar surface area (TPSA) is 35.6 Å². The molecular weight excluding hydrogens is 753 g/mol. The van der Waals surface area contributed by atoms with Crippen molar-refractivity contribution in [2.45, 2.75) is 0 Å². The van der Waals surface area contributed by atoms with Gasteiger partial charge in [0, 0.05) is 38.4 Å². The Kier molecular flexibility index (Phi) is 8.46. The van der Waals surface area contributed by atoms with Gasteiger partial charge in [0.15, 0.2) is 0 Å². The van der Waals surface area contributed by atoms with Gasteiger partial charge in [-0.15, -0.1) is 0 Å². The van der Waals surface area contributed by atoms with E-state index in [0.717, 1.165) is 77.7 Å². The Hall–Kier alpha value is -8.34. The minimum Gasteiger partial charge on any atom is -0.307 e. The smallest absolute Gasteiger partial charge is 0.235 e. The van der Waals surface area contributed by atoms with Crippen molar-refractivity contribution in [1.82, 2.24) is 19.1 Å². The third-order valence-corrected chi connectivity index (χ3v) is 12.1. The van der Waals surface area contributed by atoms with Gasteiger partial charge in [0.25, 0.3) is 0 Å². The normalized spacial score (nSPS) is 11.5. The summed E-state index contributed by atoms with van der Waals surface area (Å²) in [6.45, 7) is 0. The van der Waals surface area contributed by atoms with Gasteiger partial charge in [-0.05, 0) is 69.8 Å². The van der Waals surface area contributed by atoms with Crippen molar-refractivity contribution >= 4 is 43.6 Å². The molecule has 12 rings (SSSR count). The van der Waals surface area contributed by atoms with Crippen LogP contribution in [-0.2, 0) is 0 Å². The van der Waals surface area contributed by atoms with Crippen molar-refractivity contribution in [1.29, 1.82) is 0 Å². The van der Waals surface area contributed by atoms with Crippen molar-refractivity contribution < 1.29 is 0 Å². The van der Waals surface area contributed by atoms with Gasteiger partial charge in [-0.3, -0.25) is 4.57 Å². The molecule has 0 aliphatic rings. The Morgan fingerprint density at radius 1 is 0.258 bits per heavy atom. The van der Waals surface area contributed by atoms with Crippen molar-refractivity contribution in [3.63, 3.8) is 0 Å². The van der Waals surface area contributed by atoms with E-state index in [0.29, 0.717) is 5.95 Å². The zero-order valence-corrected chi connectivity index (χ0v) is 33.7. The van der Waals surface area contributed by atoms with Gasteiger partial charge in [0.2, 0.25) is 5.95 Å². The lowest BCUT2D eigenvalue weighted by Crippen LogP contribution is -2.05. The molecule has 0 aliphatic heterocycles. The quantitative estimate of drug-likeness (QED) is 0.161. The molecule has 0 N–H and O–H groups in total. The van der Waals surface area contributed by atoms with E-state index in [1.807, 2.05) is 6.07 Å². The van der Waals surface area contributed by atoms with Crippen LogP contribution < -0.4 is 0 Å². The number of hydrogen-bond donors (Lipinski definition) is 0. The fourth-order valence-corrected chi connectivity index (χ4v) is 9.21. The van der Waals surface area contributed by atoms with Crippen LogP contribution in [0.15, 0.2) is 231 Å². The van der Waals surface area contributed by atoms with Gasteiger partial charge >= 0.3 is 0 Å². The first-order chi connectivity index (χ1) is 30.7. The van der Waals surface area contributed by atoms with E-state index in [4.69, 9.17) is 9.97 Å². The first-order valence-electron chi connectivity index (χ1n) is 21.1. The summed E-state index contributed by atoms with van der Waals surface area (Å²) in [4.78, 5) is 10.9. The molecule has 0 spiro atoms. The number of benzene rings is 9. The Balaban J connectivity index is 1.18. The van der Waals surface area contributed by atoms with E-state index in [2.05, 4.69) is 234 Å². The molecule has 290 valence electrons. The van der Waals surface area contributed by atoms with E-state index in [1.54, 1.807) is 0 Å². The molecule has 0 saturated heterocycles. The summed E-state index contributed by atoms with van der Waals surface area (Å²) < 4.78 is 4.77. The number of aromatic nitrogens is 4. The van der Waals surface area contributed by atoms with Crippen LogP contribution in [0.3, 0.4) is 0 Å². The molecule has 0 radical (unpaired) electrons. The molecule has 62 heavy (non-hydrogen) atoms. The van der Waals surface area contributed by atoms with Crippen LogP contribution in [0.5, 0.6) is 0 Å². The fourth-order valence-electron chi connectivity index (χ4n) is 9.21. The maximum Gasteiger partial charge on any atom is 0.235 e. The molecule has 0 unspecified atom stereocenters. The van der Waals surface area contributed by atoms with E-state index >= 15 is 0 Å². The van der Waals surface area contributed by atoms with E-state index < -0.39 is 0 Å². The van der Waals surface area contributed by atoms with E-state index in [-0.39, 0.29) is 0 Å². The number of rotatable bonds is 7. The molecule has 4 nitrogen and oxygen atoms in total. The second kappa shape index (κ2) is 14.7. The molecule has 3 heterocycles. The monoisotopic (exact) mass is 790 g/mol. The molecule has 0 bridgehead atoms. The van der Waals surface area contributed by atoms with Crippen LogP contribution in [-0.4, -0.2) is 19.1 Å². The summed E-state index contributed by atoms with van der Waals surface area (Å²) in [7, 11) is 0. The van der Waals surface area contributed by atoms with Gasteiger partial charge in [0.1, 0.15) is 0 Å². The lowest BCUT2D eigenvalue weighted by molar-refractivity contribution is 0.995. The number of fused-ring (bicyclic) bond motifs is 7. The maximum absolute atomic E-state index is 5.49. The van der Waals surface area contributed by atoms with Crippen LogP contribution >= 0.6 is 0 Å². The molecule has 0 atom stereocenters. The highest BCUT2D eigenvalue weighted by Gasteiger charge is 2.24. The first kappa shape index (κ1) is 35.6. The van der Waals surface area contributed by atoms with Crippen molar-refractivity contribution in [3.8, 4) is 67.5 Å². The standard InChI is InChI=1S/C58H38N4/c1-5-17-39(18-6-1)42-29-31-44(32-30-42)53-38-52(43-23-11-4-12-24-43)59-58(60-53)62-55-28-16-14-26-49(55)51-34-33-50-48-25-13-15-27-54(48)61(56(50)57(51)62)47-36-45(40-19-7-2-8-20-40)35-46(37-47)41-21-9-3-10-22-41/h1-38H. The van der Waals surface area contributed by atoms with E-state index in [1.165, 1.54) is 27.5 Å². The zero-order chi connectivity index (χ0) is 41.0. The van der Waals surface area contributed by atoms with Gasteiger partial charge in [-0.2, -0.15) is 0 Å². The fraction of sp³-hybridized carbons (Fsp3) is 0. The Bertz CT molecular complexity index is 3530. The lowest BCUT2D eigenvalue weighted by Gasteiger charge is -2.16. The van der Waals surface area contributed by atoms with Crippen LogP contribution in [0.4, 0.5) is 0 Å². The highest BCUT2D eigenvalue weighted by molar-refractivity contribution is 6.23. The molecular formula is C58H38N4. The third-order valence-electron chi connectivity index (χ3n) is 12.1. The van der Waals surface area contributed by atoms with Gasteiger partial charge < -0.3 is 4.57 Å². The largest absolute Gasteiger partial charge is 0.307 e. The zero-order valence-electron chi connectivity index (χ0n) is 33.7. The Morgan fingerprint density at radius 2 is 0.629 bits per heavy atom. The molecule has 0 saturated carbocycles. The number of hydrogen-bond acceptors (Lipinski definition) is 2. The summed E-state index contributed by atoms with van der Waals surface area (Å²) in [5.41, 5.74) is 16.2. The highest BCUT2D eigenvalue weighted by Crippen LogP contribution is 2.43. The summed E-state index contributed by atoms with van der Waals surface area (Å²) in [6.07, 6.45) is 0. The first-order valence-corrected chi connectivity index (χ1v) is 21.1. The highest BCUT2D eigenvalue weighted by atomic mass is 15.2. The second-order valence-electron chi connectivity index (χ2n) is 15.8.